The lowest BCUT2D eigenvalue weighted by molar-refractivity contribution is 0.0211. The average molecular weight is 335 g/mol. The average Bonchev–Trinajstić information content (AvgIpc) is 3.15. The lowest BCUT2D eigenvalue weighted by Crippen LogP contribution is -2.62. The Balaban J connectivity index is 1.50. The summed E-state index contributed by atoms with van der Waals surface area (Å²) in [6.07, 6.45) is 2.30. The Morgan fingerprint density at radius 2 is 2.08 bits per heavy atom. The minimum atomic E-state index is -0.159. The van der Waals surface area contributed by atoms with Crippen LogP contribution in [-0.2, 0) is 0 Å². The summed E-state index contributed by atoms with van der Waals surface area (Å²) < 4.78 is 5.75. The molecule has 2 unspecified atom stereocenters. The van der Waals surface area contributed by atoms with E-state index in [1.807, 2.05) is 12.1 Å². The number of nitrogens with zero attached hydrogens (tertiary/aromatic N) is 2. The Kier molecular flexibility index (Phi) is 4.06. The molecule has 3 aliphatic heterocycles. The number of carbonyl (C=O) groups excluding carboxylic acids is 1. The molecule has 1 amide bonds. The van der Waals surface area contributed by atoms with Crippen LogP contribution in [0.25, 0.3) is 11.3 Å². The number of fused-ring (bicyclic) bond motifs is 3. The molecule has 1 aromatic carbocycles. The van der Waals surface area contributed by atoms with Gasteiger partial charge in [0.05, 0.1) is 11.6 Å². The van der Waals surface area contributed by atoms with Crippen molar-refractivity contribution in [3.05, 3.63) is 47.7 Å². The van der Waals surface area contributed by atoms with Crippen LogP contribution in [-0.4, -0.2) is 36.0 Å². The molecule has 128 valence electrons. The molecule has 2 atom stereocenters. The van der Waals surface area contributed by atoms with E-state index in [1.54, 1.807) is 24.3 Å². The second kappa shape index (κ2) is 6.38. The van der Waals surface area contributed by atoms with Gasteiger partial charge < -0.3 is 9.73 Å². The molecule has 5 rings (SSSR count). The second-order valence-corrected chi connectivity index (χ2v) is 6.97. The predicted molar refractivity (Wildman–Crippen MR) is 93.9 cm³/mol. The summed E-state index contributed by atoms with van der Waals surface area (Å²) >= 11 is 0. The van der Waals surface area contributed by atoms with E-state index in [0.717, 1.165) is 31.5 Å². The van der Waals surface area contributed by atoms with Gasteiger partial charge in [0, 0.05) is 17.6 Å². The zero-order chi connectivity index (χ0) is 17.4. The lowest BCUT2D eigenvalue weighted by atomic mass is 9.79. The second-order valence-electron chi connectivity index (χ2n) is 6.97. The number of amides is 1. The van der Waals surface area contributed by atoms with E-state index < -0.39 is 0 Å². The van der Waals surface area contributed by atoms with Gasteiger partial charge in [-0.05, 0) is 63.0 Å². The van der Waals surface area contributed by atoms with Crippen LogP contribution in [0.15, 0.2) is 40.8 Å². The summed E-state index contributed by atoms with van der Waals surface area (Å²) in [5.41, 5.74) is 1.37. The lowest BCUT2D eigenvalue weighted by Gasteiger charge is -2.49. The molecule has 0 saturated carbocycles. The molecule has 5 nitrogen and oxygen atoms in total. The van der Waals surface area contributed by atoms with Crippen molar-refractivity contribution in [1.82, 2.24) is 10.2 Å². The molecular weight excluding hydrogens is 314 g/mol. The number of hydrogen-bond donors (Lipinski definition) is 1. The number of nitriles is 1. The first-order valence-electron chi connectivity index (χ1n) is 8.81. The summed E-state index contributed by atoms with van der Waals surface area (Å²) in [5.74, 6) is 1.32. The van der Waals surface area contributed by atoms with E-state index in [2.05, 4.69) is 23.2 Å². The number of piperidine rings is 3. The number of nitrogens with one attached hydrogen (secondary N) is 1. The normalized spacial score (nSPS) is 27.7. The molecule has 3 aliphatic rings. The first-order valence-corrected chi connectivity index (χ1v) is 8.81. The third-order valence-corrected chi connectivity index (χ3v) is 5.58. The van der Waals surface area contributed by atoms with Crippen LogP contribution in [0.5, 0.6) is 0 Å². The standard InChI is InChI=1S/C20H21N3O2/c1-13-19(15-7-9-23(13)10-8-15)22-20(24)18-6-5-17(25-18)16-4-2-3-14(11-16)12-21/h2-6,11,13,15,19H,7-10H2,1H3,(H,22,24). The van der Waals surface area contributed by atoms with Gasteiger partial charge in [0.15, 0.2) is 5.76 Å². The van der Waals surface area contributed by atoms with E-state index in [4.69, 9.17) is 9.68 Å². The minimum Gasteiger partial charge on any atom is -0.451 e. The van der Waals surface area contributed by atoms with Gasteiger partial charge in [0.2, 0.25) is 0 Å². The molecule has 0 radical (unpaired) electrons. The molecule has 0 aliphatic carbocycles. The number of furan rings is 1. The molecular formula is C20H21N3O2. The van der Waals surface area contributed by atoms with Gasteiger partial charge in [-0.2, -0.15) is 5.26 Å². The third kappa shape index (κ3) is 2.94. The monoisotopic (exact) mass is 335 g/mol. The summed E-state index contributed by atoms with van der Waals surface area (Å²) in [6.45, 7) is 4.47. The molecule has 25 heavy (non-hydrogen) atoms. The van der Waals surface area contributed by atoms with Crippen molar-refractivity contribution in [2.75, 3.05) is 13.1 Å². The Hall–Kier alpha value is -2.58. The van der Waals surface area contributed by atoms with Crippen molar-refractivity contribution in [2.24, 2.45) is 5.92 Å². The van der Waals surface area contributed by atoms with Crippen molar-refractivity contribution >= 4 is 5.91 Å². The smallest absolute Gasteiger partial charge is 0.287 e. The largest absolute Gasteiger partial charge is 0.451 e. The Morgan fingerprint density at radius 1 is 1.28 bits per heavy atom. The Morgan fingerprint density at radius 3 is 2.80 bits per heavy atom. The number of hydrogen-bond acceptors (Lipinski definition) is 4. The number of benzene rings is 1. The highest BCUT2D eigenvalue weighted by atomic mass is 16.3. The molecule has 1 N–H and O–H groups in total. The quantitative estimate of drug-likeness (QED) is 0.936. The van der Waals surface area contributed by atoms with Gasteiger partial charge in [-0.15, -0.1) is 0 Å². The van der Waals surface area contributed by atoms with Gasteiger partial charge in [-0.3, -0.25) is 9.69 Å². The maximum absolute atomic E-state index is 12.6. The van der Waals surface area contributed by atoms with Crippen LogP contribution >= 0.6 is 0 Å². The fourth-order valence-corrected chi connectivity index (χ4v) is 4.12. The van der Waals surface area contributed by atoms with Gasteiger partial charge in [-0.1, -0.05) is 12.1 Å². The SMILES string of the molecule is CC1C(NC(=O)c2ccc(-c3cccc(C#N)c3)o2)C2CCN1CC2. The van der Waals surface area contributed by atoms with Crippen LogP contribution in [0, 0.1) is 17.2 Å². The van der Waals surface area contributed by atoms with Crippen LogP contribution in [0.1, 0.15) is 35.9 Å². The molecule has 2 bridgehead atoms. The van der Waals surface area contributed by atoms with Crippen LogP contribution in [0.2, 0.25) is 0 Å². The molecule has 2 aromatic rings. The van der Waals surface area contributed by atoms with E-state index >= 15 is 0 Å². The van der Waals surface area contributed by atoms with Crippen molar-refractivity contribution in [2.45, 2.75) is 31.8 Å². The fraction of sp³-hybridized carbons (Fsp3) is 0.400. The van der Waals surface area contributed by atoms with Crippen molar-refractivity contribution < 1.29 is 9.21 Å². The van der Waals surface area contributed by atoms with E-state index in [9.17, 15) is 4.79 Å². The molecule has 3 fully saturated rings. The summed E-state index contributed by atoms with van der Waals surface area (Å²) in [5, 5.41) is 12.2. The predicted octanol–water partition coefficient (Wildman–Crippen LogP) is 3.03. The first-order chi connectivity index (χ1) is 12.2. The van der Waals surface area contributed by atoms with Crippen LogP contribution in [0.4, 0.5) is 0 Å². The van der Waals surface area contributed by atoms with Gasteiger partial charge in [0.25, 0.3) is 5.91 Å². The number of rotatable bonds is 3. The van der Waals surface area contributed by atoms with E-state index in [0.29, 0.717) is 29.0 Å². The zero-order valence-electron chi connectivity index (χ0n) is 14.2. The highest BCUT2D eigenvalue weighted by Crippen LogP contribution is 2.32. The van der Waals surface area contributed by atoms with Gasteiger partial charge in [0.1, 0.15) is 5.76 Å². The molecule has 5 heteroatoms. The van der Waals surface area contributed by atoms with Crippen LogP contribution < -0.4 is 5.32 Å². The van der Waals surface area contributed by atoms with Crippen molar-refractivity contribution in [3.63, 3.8) is 0 Å². The van der Waals surface area contributed by atoms with Gasteiger partial charge >= 0.3 is 0 Å². The number of carbonyl (C=O) groups is 1. The van der Waals surface area contributed by atoms with Gasteiger partial charge in [-0.25, -0.2) is 0 Å². The maximum Gasteiger partial charge on any atom is 0.287 e. The summed E-state index contributed by atoms with van der Waals surface area (Å²) in [4.78, 5) is 15.1. The fourth-order valence-electron chi connectivity index (χ4n) is 4.12. The first kappa shape index (κ1) is 15.9. The molecule has 4 heterocycles. The van der Waals surface area contributed by atoms with E-state index in [-0.39, 0.29) is 11.9 Å². The minimum absolute atomic E-state index is 0.159. The zero-order valence-corrected chi connectivity index (χ0v) is 14.2. The molecule has 3 saturated heterocycles. The molecule has 1 aromatic heterocycles. The maximum atomic E-state index is 12.6. The summed E-state index contributed by atoms with van der Waals surface area (Å²) in [7, 11) is 0. The highest BCUT2D eigenvalue weighted by Gasteiger charge is 2.40. The van der Waals surface area contributed by atoms with Crippen molar-refractivity contribution in [3.8, 4) is 17.4 Å². The molecule has 0 spiro atoms. The highest BCUT2D eigenvalue weighted by molar-refractivity contribution is 5.92. The van der Waals surface area contributed by atoms with E-state index in [1.165, 1.54) is 0 Å². The third-order valence-electron chi connectivity index (χ3n) is 5.58. The summed E-state index contributed by atoms with van der Waals surface area (Å²) in [6, 6.07) is 13.3. The topological polar surface area (TPSA) is 69.3 Å². The van der Waals surface area contributed by atoms with Crippen molar-refractivity contribution in [1.29, 1.82) is 5.26 Å². The van der Waals surface area contributed by atoms with Crippen LogP contribution in [0.3, 0.4) is 0 Å². The Labute approximate surface area is 147 Å². The Bertz CT molecular complexity index is 825.